The minimum atomic E-state index is -0.715. The summed E-state index contributed by atoms with van der Waals surface area (Å²) in [6, 6.07) is 13.9. The number of carbonyl (C=O) groups is 1. The number of nitrogens with two attached hydrogens (primary N) is 1. The molecule has 0 aliphatic rings. The first-order chi connectivity index (χ1) is 10.7. The number of hydrogen-bond acceptors (Lipinski definition) is 5. The highest BCUT2D eigenvalue weighted by Crippen LogP contribution is 2.28. The van der Waals surface area contributed by atoms with Gasteiger partial charge in [0.15, 0.2) is 5.84 Å². The Morgan fingerprint density at radius 3 is 2.09 bits per heavy atom. The summed E-state index contributed by atoms with van der Waals surface area (Å²) in [5.74, 6) is 0.0478. The number of rotatable bonds is 5. The number of hydrogen-bond donors (Lipinski definition) is 1. The zero-order chi connectivity index (χ0) is 15.9. The Balaban J connectivity index is 2.23. The lowest BCUT2D eigenvalue weighted by Crippen LogP contribution is -2.15. The second-order valence-corrected chi connectivity index (χ2v) is 4.26. The van der Waals surface area contributed by atoms with Crippen LogP contribution in [0.15, 0.2) is 53.7 Å². The number of nitrogens with zero attached hydrogens (tertiary/aromatic N) is 1. The Labute approximate surface area is 128 Å². The van der Waals surface area contributed by atoms with Crippen LogP contribution in [0.25, 0.3) is 0 Å². The van der Waals surface area contributed by atoms with Crippen LogP contribution in [-0.4, -0.2) is 26.0 Å². The van der Waals surface area contributed by atoms with E-state index in [1.807, 2.05) is 18.2 Å². The molecule has 0 unspecified atom stereocenters. The second-order valence-electron chi connectivity index (χ2n) is 4.26. The molecular weight excluding hydrogens is 284 g/mol. The van der Waals surface area contributed by atoms with Crippen LogP contribution < -0.4 is 15.2 Å². The van der Waals surface area contributed by atoms with E-state index in [1.165, 1.54) is 14.2 Å². The van der Waals surface area contributed by atoms with Gasteiger partial charge in [0.25, 0.3) is 0 Å². The quantitative estimate of drug-likeness (QED) is 0.396. The van der Waals surface area contributed by atoms with E-state index in [0.717, 1.165) is 0 Å². The lowest BCUT2D eigenvalue weighted by molar-refractivity contribution is 0.0508. The number of methoxy groups -OCH3 is 2. The fraction of sp³-hybridized carbons (Fsp3) is 0.125. The minimum Gasteiger partial charge on any atom is -0.496 e. The number of ether oxygens (including phenoxy) is 2. The van der Waals surface area contributed by atoms with Crippen LogP contribution in [0.2, 0.25) is 0 Å². The molecule has 6 heteroatoms. The van der Waals surface area contributed by atoms with Crippen LogP contribution in [0.4, 0.5) is 0 Å². The number of benzene rings is 2. The van der Waals surface area contributed by atoms with Crippen LogP contribution in [0, 0.1) is 0 Å². The van der Waals surface area contributed by atoms with Gasteiger partial charge in [-0.25, -0.2) is 4.79 Å². The predicted octanol–water partition coefficient (Wildman–Crippen LogP) is 2.18. The van der Waals surface area contributed by atoms with Crippen molar-refractivity contribution in [3.63, 3.8) is 0 Å². The van der Waals surface area contributed by atoms with E-state index in [1.54, 1.807) is 30.3 Å². The summed E-state index contributed by atoms with van der Waals surface area (Å²) in [4.78, 5) is 17.1. The van der Waals surface area contributed by atoms with Gasteiger partial charge in [-0.1, -0.05) is 41.6 Å². The largest absolute Gasteiger partial charge is 0.496 e. The maximum atomic E-state index is 12.2. The SMILES string of the molecule is COc1cccc(OC)c1C(=O)O/N=C(\N)c1ccccc1. The molecule has 0 radical (unpaired) electrons. The monoisotopic (exact) mass is 300 g/mol. The van der Waals surface area contributed by atoms with Crippen molar-refractivity contribution < 1.29 is 19.1 Å². The van der Waals surface area contributed by atoms with Gasteiger partial charge in [-0.2, -0.15) is 0 Å². The molecular formula is C16H16N2O4. The highest BCUT2D eigenvalue weighted by atomic mass is 16.7. The van der Waals surface area contributed by atoms with Gasteiger partial charge in [0.2, 0.25) is 0 Å². The molecule has 0 heterocycles. The summed E-state index contributed by atoms with van der Waals surface area (Å²) in [5.41, 5.74) is 6.58. The van der Waals surface area contributed by atoms with Crippen LogP contribution in [0.5, 0.6) is 11.5 Å². The maximum absolute atomic E-state index is 12.2. The smallest absolute Gasteiger partial charge is 0.373 e. The normalized spacial score (nSPS) is 10.9. The Morgan fingerprint density at radius 2 is 1.55 bits per heavy atom. The molecule has 22 heavy (non-hydrogen) atoms. The zero-order valence-electron chi connectivity index (χ0n) is 12.3. The lowest BCUT2D eigenvalue weighted by Gasteiger charge is -2.10. The van der Waals surface area contributed by atoms with E-state index in [0.29, 0.717) is 17.1 Å². The average molecular weight is 300 g/mol. The summed E-state index contributed by atoms with van der Waals surface area (Å²) in [5, 5.41) is 3.66. The lowest BCUT2D eigenvalue weighted by atomic mass is 10.2. The first kappa shape index (κ1) is 15.4. The van der Waals surface area contributed by atoms with Gasteiger partial charge in [-0.3, -0.25) is 0 Å². The van der Waals surface area contributed by atoms with E-state index >= 15 is 0 Å². The molecule has 0 aliphatic carbocycles. The maximum Gasteiger partial charge on any atom is 0.373 e. The topological polar surface area (TPSA) is 83.1 Å². The van der Waals surface area contributed by atoms with Gasteiger partial charge in [0.05, 0.1) is 14.2 Å². The van der Waals surface area contributed by atoms with E-state index in [2.05, 4.69) is 5.16 Å². The molecule has 0 bridgehead atoms. The van der Waals surface area contributed by atoms with E-state index in [-0.39, 0.29) is 11.4 Å². The van der Waals surface area contributed by atoms with Gasteiger partial charge in [0.1, 0.15) is 17.1 Å². The van der Waals surface area contributed by atoms with Crippen molar-refractivity contribution in [2.24, 2.45) is 10.9 Å². The van der Waals surface area contributed by atoms with Crippen molar-refractivity contribution in [3.05, 3.63) is 59.7 Å². The van der Waals surface area contributed by atoms with Crippen molar-refractivity contribution in [3.8, 4) is 11.5 Å². The molecule has 0 aliphatic heterocycles. The van der Waals surface area contributed by atoms with Gasteiger partial charge >= 0.3 is 5.97 Å². The average Bonchev–Trinajstić information content (AvgIpc) is 2.59. The molecule has 0 spiro atoms. The third-order valence-electron chi connectivity index (χ3n) is 2.93. The molecule has 2 aromatic carbocycles. The zero-order valence-corrected chi connectivity index (χ0v) is 12.3. The molecule has 0 saturated carbocycles. The Bertz CT molecular complexity index is 662. The number of carbonyl (C=O) groups excluding carboxylic acids is 1. The first-order valence-electron chi connectivity index (χ1n) is 6.48. The molecule has 0 amide bonds. The van der Waals surface area contributed by atoms with Gasteiger partial charge < -0.3 is 20.0 Å². The molecule has 0 aromatic heterocycles. The second kappa shape index (κ2) is 7.12. The summed E-state index contributed by atoms with van der Waals surface area (Å²) in [6.45, 7) is 0. The highest BCUT2D eigenvalue weighted by molar-refractivity contribution is 5.99. The summed E-state index contributed by atoms with van der Waals surface area (Å²) in [6.07, 6.45) is 0. The van der Waals surface area contributed by atoms with Gasteiger partial charge in [-0.05, 0) is 12.1 Å². The van der Waals surface area contributed by atoms with E-state index < -0.39 is 5.97 Å². The third-order valence-corrected chi connectivity index (χ3v) is 2.93. The van der Waals surface area contributed by atoms with Crippen molar-refractivity contribution in [1.29, 1.82) is 0 Å². The third kappa shape index (κ3) is 3.35. The van der Waals surface area contributed by atoms with E-state index in [9.17, 15) is 4.79 Å². The molecule has 0 saturated heterocycles. The molecule has 6 nitrogen and oxygen atoms in total. The van der Waals surface area contributed by atoms with Crippen molar-refractivity contribution in [1.82, 2.24) is 0 Å². The summed E-state index contributed by atoms with van der Waals surface area (Å²) < 4.78 is 10.3. The molecule has 2 rings (SSSR count). The Morgan fingerprint density at radius 1 is 0.955 bits per heavy atom. The minimum absolute atomic E-state index is 0.0998. The standard InChI is InChI=1S/C16H16N2O4/c1-20-12-9-6-10-13(21-2)14(12)16(19)22-18-15(17)11-7-4-3-5-8-11/h3-10H,1-2H3,(H2,17,18). The first-order valence-corrected chi connectivity index (χ1v) is 6.48. The molecule has 2 aromatic rings. The van der Waals surface area contributed by atoms with Crippen molar-refractivity contribution in [2.75, 3.05) is 14.2 Å². The molecule has 0 fully saturated rings. The van der Waals surface area contributed by atoms with Gasteiger partial charge in [-0.15, -0.1) is 0 Å². The highest BCUT2D eigenvalue weighted by Gasteiger charge is 2.20. The summed E-state index contributed by atoms with van der Waals surface area (Å²) >= 11 is 0. The predicted molar refractivity (Wildman–Crippen MR) is 82.1 cm³/mol. The molecule has 114 valence electrons. The van der Waals surface area contributed by atoms with Gasteiger partial charge in [0, 0.05) is 5.56 Å². The number of oxime groups is 1. The van der Waals surface area contributed by atoms with Crippen LogP contribution >= 0.6 is 0 Å². The van der Waals surface area contributed by atoms with E-state index in [4.69, 9.17) is 20.0 Å². The molecule has 2 N–H and O–H groups in total. The fourth-order valence-electron chi connectivity index (χ4n) is 1.85. The summed E-state index contributed by atoms with van der Waals surface area (Å²) in [7, 11) is 2.90. The van der Waals surface area contributed by atoms with Crippen molar-refractivity contribution >= 4 is 11.8 Å². The Hall–Kier alpha value is -3.02. The fourth-order valence-corrected chi connectivity index (χ4v) is 1.85. The molecule has 0 atom stereocenters. The van der Waals surface area contributed by atoms with Crippen LogP contribution in [0.3, 0.4) is 0 Å². The number of amidine groups is 1. The van der Waals surface area contributed by atoms with Crippen molar-refractivity contribution in [2.45, 2.75) is 0 Å². The Kier molecular flexibility index (Phi) is 4.98. The van der Waals surface area contributed by atoms with Crippen LogP contribution in [-0.2, 0) is 4.84 Å². The van der Waals surface area contributed by atoms with Crippen LogP contribution in [0.1, 0.15) is 15.9 Å².